The van der Waals surface area contributed by atoms with Crippen LogP contribution in [0.5, 0.6) is 0 Å². The molecule has 1 N–H and O–H groups in total. The summed E-state index contributed by atoms with van der Waals surface area (Å²) in [5, 5.41) is 0. The topological polar surface area (TPSA) is 61.9 Å². The Morgan fingerprint density at radius 3 is 2.64 bits per heavy atom. The standard InChI is InChI=1S/C14H22FN3O3S/c1-17(2)14(12-4-3-5-13(15)10-12)11-16-22(19,20)18-6-8-21-9-7-18/h3-5,10,14,16H,6-9,11H2,1-2H3. The molecule has 6 nitrogen and oxygen atoms in total. The van der Waals surface area contributed by atoms with Crippen molar-refractivity contribution in [2.24, 2.45) is 0 Å². The fraction of sp³-hybridized carbons (Fsp3) is 0.571. The minimum absolute atomic E-state index is 0.177. The molecule has 124 valence electrons. The van der Waals surface area contributed by atoms with Crippen molar-refractivity contribution in [3.63, 3.8) is 0 Å². The van der Waals surface area contributed by atoms with Crippen LogP contribution >= 0.6 is 0 Å². The summed E-state index contributed by atoms with van der Waals surface area (Å²) in [6.07, 6.45) is 0. The Balaban J connectivity index is 2.05. The Morgan fingerprint density at radius 2 is 2.05 bits per heavy atom. The maximum Gasteiger partial charge on any atom is 0.279 e. The van der Waals surface area contributed by atoms with Crippen LogP contribution in [0.2, 0.25) is 0 Å². The normalized spacial score (nSPS) is 18.5. The van der Waals surface area contributed by atoms with Crippen LogP contribution in [0, 0.1) is 5.82 Å². The zero-order valence-electron chi connectivity index (χ0n) is 12.8. The molecule has 1 heterocycles. The summed E-state index contributed by atoms with van der Waals surface area (Å²) in [6, 6.07) is 5.96. The minimum atomic E-state index is -3.55. The zero-order valence-corrected chi connectivity index (χ0v) is 13.6. The fourth-order valence-electron chi connectivity index (χ4n) is 2.37. The number of hydrogen-bond acceptors (Lipinski definition) is 4. The molecular formula is C14H22FN3O3S. The molecule has 0 saturated carbocycles. The van der Waals surface area contributed by atoms with E-state index < -0.39 is 10.2 Å². The van der Waals surface area contributed by atoms with Crippen LogP contribution in [-0.2, 0) is 14.9 Å². The molecule has 1 aliphatic heterocycles. The molecule has 1 saturated heterocycles. The maximum absolute atomic E-state index is 13.4. The summed E-state index contributed by atoms with van der Waals surface area (Å²) < 4.78 is 47.1. The van der Waals surface area contributed by atoms with Gasteiger partial charge in [0, 0.05) is 25.7 Å². The van der Waals surface area contributed by atoms with Crippen molar-refractivity contribution >= 4 is 10.2 Å². The Bertz CT molecular complexity index is 589. The largest absolute Gasteiger partial charge is 0.379 e. The van der Waals surface area contributed by atoms with E-state index in [2.05, 4.69) is 4.72 Å². The lowest BCUT2D eigenvalue weighted by molar-refractivity contribution is 0.0724. The highest BCUT2D eigenvalue weighted by molar-refractivity contribution is 7.87. The maximum atomic E-state index is 13.4. The summed E-state index contributed by atoms with van der Waals surface area (Å²) in [6.45, 7) is 1.68. The van der Waals surface area contributed by atoms with Gasteiger partial charge in [-0.3, -0.25) is 0 Å². The van der Waals surface area contributed by atoms with Crippen molar-refractivity contribution < 1.29 is 17.5 Å². The molecular weight excluding hydrogens is 309 g/mol. The molecule has 0 aromatic heterocycles. The van der Waals surface area contributed by atoms with Gasteiger partial charge in [-0.25, -0.2) is 9.11 Å². The highest BCUT2D eigenvalue weighted by Crippen LogP contribution is 2.19. The number of hydrogen-bond donors (Lipinski definition) is 1. The van der Waals surface area contributed by atoms with Gasteiger partial charge in [0.05, 0.1) is 13.2 Å². The van der Waals surface area contributed by atoms with Gasteiger partial charge in [-0.1, -0.05) is 12.1 Å². The van der Waals surface area contributed by atoms with Gasteiger partial charge in [-0.2, -0.15) is 12.7 Å². The molecule has 0 spiro atoms. The van der Waals surface area contributed by atoms with Gasteiger partial charge in [-0.05, 0) is 31.8 Å². The Kier molecular flexibility index (Phi) is 5.87. The molecule has 0 bridgehead atoms. The molecule has 1 atom stereocenters. The quantitative estimate of drug-likeness (QED) is 0.829. The lowest BCUT2D eigenvalue weighted by Gasteiger charge is -2.29. The van der Waals surface area contributed by atoms with Gasteiger partial charge >= 0.3 is 0 Å². The molecule has 0 radical (unpaired) electrons. The van der Waals surface area contributed by atoms with Crippen molar-refractivity contribution in [3.05, 3.63) is 35.6 Å². The number of morpholine rings is 1. The second-order valence-electron chi connectivity index (χ2n) is 5.40. The van der Waals surface area contributed by atoms with E-state index in [1.807, 2.05) is 19.0 Å². The number of ether oxygens (including phenoxy) is 1. The lowest BCUT2D eigenvalue weighted by Crippen LogP contribution is -2.48. The van der Waals surface area contributed by atoms with Crippen molar-refractivity contribution in [2.45, 2.75) is 6.04 Å². The zero-order chi connectivity index (χ0) is 16.2. The summed E-state index contributed by atoms with van der Waals surface area (Å²) >= 11 is 0. The van der Waals surface area contributed by atoms with E-state index in [9.17, 15) is 12.8 Å². The first-order valence-corrected chi connectivity index (χ1v) is 8.58. The molecule has 1 aromatic rings. The number of nitrogens with one attached hydrogen (secondary N) is 1. The SMILES string of the molecule is CN(C)C(CNS(=O)(=O)N1CCOCC1)c1cccc(F)c1. The van der Waals surface area contributed by atoms with E-state index in [4.69, 9.17) is 4.74 Å². The van der Waals surface area contributed by atoms with Crippen molar-refractivity contribution in [2.75, 3.05) is 46.9 Å². The molecule has 1 fully saturated rings. The fourth-order valence-corrected chi connectivity index (χ4v) is 3.56. The monoisotopic (exact) mass is 331 g/mol. The van der Waals surface area contributed by atoms with E-state index in [0.717, 1.165) is 5.56 Å². The summed E-state index contributed by atoms with van der Waals surface area (Å²) in [7, 11) is 0.117. The molecule has 1 aliphatic rings. The predicted octanol–water partition coefficient (Wildman–Crippen LogP) is 0.595. The minimum Gasteiger partial charge on any atom is -0.379 e. The summed E-state index contributed by atoms with van der Waals surface area (Å²) in [5.74, 6) is -0.333. The summed E-state index contributed by atoms with van der Waals surface area (Å²) in [5.41, 5.74) is 0.731. The Labute approximate surface area is 131 Å². The van der Waals surface area contributed by atoms with Crippen molar-refractivity contribution in [1.29, 1.82) is 0 Å². The van der Waals surface area contributed by atoms with Crippen LogP contribution in [0.3, 0.4) is 0 Å². The third-order valence-electron chi connectivity index (χ3n) is 3.63. The molecule has 1 aromatic carbocycles. The average Bonchev–Trinajstić information content (AvgIpc) is 2.48. The summed E-state index contributed by atoms with van der Waals surface area (Å²) in [4.78, 5) is 1.86. The van der Waals surface area contributed by atoms with Gasteiger partial charge in [0.2, 0.25) is 0 Å². The van der Waals surface area contributed by atoms with Gasteiger partial charge in [0.1, 0.15) is 5.82 Å². The van der Waals surface area contributed by atoms with Crippen LogP contribution < -0.4 is 4.72 Å². The van der Waals surface area contributed by atoms with Gasteiger partial charge in [-0.15, -0.1) is 0 Å². The number of nitrogens with zero attached hydrogens (tertiary/aromatic N) is 2. The van der Waals surface area contributed by atoms with Gasteiger partial charge in [0.15, 0.2) is 0 Å². The van der Waals surface area contributed by atoms with E-state index in [1.54, 1.807) is 12.1 Å². The second-order valence-corrected chi connectivity index (χ2v) is 7.15. The van der Waals surface area contributed by atoms with Crippen LogP contribution in [0.15, 0.2) is 24.3 Å². The number of halogens is 1. The molecule has 0 aliphatic carbocycles. The molecule has 1 unspecified atom stereocenters. The number of rotatable bonds is 6. The van der Waals surface area contributed by atoms with Gasteiger partial charge < -0.3 is 9.64 Å². The third kappa shape index (κ3) is 4.47. The third-order valence-corrected chi connectivity index (χ3v) is 5.20. The first kappa shape index (κ1) is 17.3. The van der Waals surface area contributed by atoms with Crippen molar-refractivity contribution in [3.8, 4) is 0 Å². The van der Waals surface area contributed by atoms with Crippen LogP contribution in [0.1, 0.15) is 11.6 Å². The molecule has 2 rings (SSSR count). The predicted molar refractivity (Wildman–Crippen MR) is 82.1 cm³/mol. The van der Waals surface area contributed by atoms with Crippen LogP contribution in [0.25, 0.3) is 0 Å². The smallest absolute Gasteiger partial charge is 0.279 e. The van der Waals surface area contributed by atoms with E-state index in [-0.39, 0.29) is 18.4 Å². The van der Waals surface area contributed by atoms with E-state index in [1.165, 1.54) is 16.4 Å². The van der Waals surface area contributed by atoms with Crippen LogP contribution in [0.4, 0.5) is 4.39 Å². The lowest BCUT2D eigenvalue weighted by atomic mass is 10.1. The average molecular weight is 331 g/mol. The molecule has 0 amide bonds. The first-order chi connectivity index (χ1) is 10.4. The second kappa shape index (κ2) is 7.47. The van der Waals surface area contributed by atoms with Crippen molar-refractivity contribution in [1.82, 2.24) is 13.9 Å². The molecule has 22 heavy (non-hydrogen) atoms. The highest BCUT2D eigenvalue weighted by Gasteiger charge is 2.25. The Hall–Kier alpha value is -1.06. The van der Waals surface area contributed by atoms with E-state index in [0.29, 0.717) is 26.3 Å². The number of likely N-dealkylation sites (N-methyl/N-ethyl adjacent to an activating group) is 1. The first-order valence-electron chi connectivity index (χ1n) is 7.14. The van der Waals surface area contributed by atoms with E-state index >= 15 is 0 Å². The highest BCUT2D eigenvalue weighted by atomic mass is 32.2. The van der Waals surface area contributed by atoms with Crippen LogP contribution in [-0.4, -0.2) is 64.6 Å². The Morgan fingerprint density at radius 1 is 1.36 bits per heavy atom. The van der Waals surface area contributed by atoms with Gasteiger partial charge in [0.25, 0.3) is 10.2 Å². The molecule has 8 heteroatoms. The number of benzene rings is 1.